The number of aliphatic imine (C=N–C) groups is 1. The molecule has 2 rings (SSSR count). The fourth-order valence-electron chi connectivity index (χ4n) is 2.27. The molecule has 116 valence electrons. The van der Waals surface area contributed by atoms with E-state index in [0.717, 1.165) is 5.57 Å². The molecule has 0 spiro atoms. The van der Waals surface area contributed by atoms with Crippen LogP contribution < -0.4 is 0 Å². The van der Waals surface area contributed by atoms with Crippen LogP contribution in [0.25, 0.3) is 0 Å². The first-order chi connectivity index (χ1) is 9.93. The summed E-state index contributed by atoms with van der Waals surface area (Å²) in [7, 11) is -2.94. The van der Waals surface area contributed by atoms with Crippen LogP contribution in [-0.2, 0) is 18.6 Å². The molecule has 0 saturated carbocycles. The fraction of sp³-hybridized carbons (Fsp3) is 0.600. The summed E-state index contributed by atoms with van der Waals surface area (Å²) in [5.74, 6) is 0.967. The van der Waals surface area contributed by atoms with Crippen molar-refractivity contribution >= 4 is 19.3 Å². The number of carbonyl (C=O) groups is 1. The molecule has 0 aromatic carbocycles. The van der Waals surface area contributed by atoms with Gasteiger partial charge < -0.3 is 9.26 Å². The summed E-state index contributed by atoms with van der Waals surface area (Å²) in [4.78, 5) is 16.3. The van der Waals surface area contributed by atoms with Crippen LogP contribution in [0.2, 0.25) is 0 Å². The highest BCUT2D eigenvalue weighted by molar-refractivity contribution is 7.74. The summed E-state index contributed by atoms with van der Waals surface area (Å²) in [6.45, 7) is 5.41. The Hall–Kier alpha value is -1.19. The SMILES string of the molecule is CCP1(=O)/C=N\[C@H](C(=O)OC(C)C)CC2=CC=CCC2O1. The van der Waals surface area contributed by atoms with Gasteiger partial charge in [0.05, 0.1) is 18.2 Å². The molecule has 0 saturated heterocycles. The Morgan fingerprint density at radius 3 is 3.00 bits per heavy atom. The maximum absolute atomic E-state index is 12.6. The number of nitrogens with zero attached hydrogens (tertiary/aromatic N) is 1. The molecule has 0 radical (unpaired) electrons. The third kappa shape index (κ3) is 4.14. The Morgan fingerprint density at radius 2 is 2.33 bits per heavy atom. The highest BCUT2D eigenvalue weighted by Crippen LogP contribution is 2.48. The van der Waals surface area contributed by atoms with E-state index in [1.165, 1.54) is 5.96 Å². The minimum Gasteiger partial charge on any atom is -0.461 e. The first-order valence-electron chi connectivity index (χ1n) is 7.31. The number of hydrogen-bond donors (Lipinski definition) is 0. The topological polar surface area (TPSA) is 65.0 Å². The summed E-state index contributed by atoms with van der Waals surface area (Å²) in [6.07, 6.45) is 6.90. The van der Waals surface area contributed by atoms with Crippen molar-refractivity contribution in [2.75, 3.05) is 6.16 Å². The zero-order chi connectivity index (χ0) is 15.5. The largest absolute Gasteiger partial charge is 0.461 e. The molecule has 0 bridgehead atoms. The van der Waals surface area contributed by atoms with Gasteiger partial charge in [0, 0.05) is 12.6 Å². The highest BCUT2D eigenvalue weighted by atomic mass is 31.2. The molecule has 2 unspecified atom stereocenters. The standard InChI is InChI=1S/C15H22NO4P/c1-4-21(18)10-16-13(15(17)19-11(2)3)9-12-7-5-6-8-14(12)20-21/h5-7,10-11,13-14H,4,8-9H2,1-3H3/b16-10-/t13-,14?,21?/m0/s1. The molecule has 3 atom stereocenters. The van der Waals surface area contributed by atoms with Crippen molar-refractivity contribution < 1.29 is 18.6 Å². The van der Waals surface area contributed by atoms with Crippen LogP contribution in [0.1, 0.15) is 33.6 Å². The van der Waals surface area contributed by atoms with Crippen LogP contribution in [-0.4, -0.2) is 36.3 Å². The second kappa shape index (κ2) is 6.71. The lowest BCUT2D eigenvalue weighted by molar-refractivity contribution is -0.148. The average molecular weight is 311 g/mol. The molecule has 5 nitrogen and oxygen atoms in total. The predicted molar refractivity (Wildman–Crippen MR) is 83.0 cm³/mol. The zero-order valence-corrected chi connectivity index (χ0v) is 13.6. The number of esters is 1. The van der Waals surface area contributed by atoms with Crippen molar-refractivity contribution in [3.63, 3.8) is 0 Å². The van der Waals surface area contributed by atoms with E-state index in [4.69, 9.17) is 9.26 Å². The van der Waals surface area contributed by atoms with Gasteiger partial charge in [0.15, 0.2) is 6.04 Å². The van der Waals surface area contributed by atoms with Crippen molar-refractivity contribution in [2.45, 2.75) is 51.9 Å². The Kier molecular flexibility index (Phi) is 5.17. The minimum atomic E-state index is -2.94. The van der Waals surface area contributed by atoms with E-state index in [9.17, 15) is 9.36 Å². The second-order valence-corrected chi connectivity index (χ2v) is 8.04. The van der Waals surface area contributed by atoms with Gasteiger partial charge in [-0.05, 0) is 25.8 Å². The number of ether oxygens (including phenoxy) is 1. The molecule has 0 aromatic rings. The number of allylic oxidation sites excluding steroid dienone is 2. The summed E-state index contributed by atoms with van der Waals surface area (Å²) in [6, 6.07) is -0.642. The van der Waals surface area contributed by atoms with Crippen molar-refractivity contribution in [2.24, 2.45) is 4.99 Å². The van der Waals surface area contributed by atoms with Gasteiger partial charge in [-0.2, -0.15) is 0 Å². The van der Waals surface area contributed by atoms with Gasteiger partial charge in [-0.25, -0.2) is 4.79 Å². The lowest BCUT2D eigenvalue weighted by Gasteiger charge is -2.29. The number of carbonyl (C=O) groups excluding carboxylic acids is 1. The summed E-state index contributed by atoms with van der Waals surface area (Å²) >= 11 is 0. The van der Waals surface area contributed by atoms with Gasteiger partial charge in [-0.1, -0.05) is 25.2 Å². The second-order valence-electron chi connectivity index (χ2n) is 5.51. The zero-order valence-electron chi connectivity index (χ0n) is 12.7. The summed E-state index contributed by atoms with van der Waals surface area (Å²) in [5.41, 5.74) is 0.953. The van der Waals surface area contributed by atoms with Crippen LogP contribution in [0, 0.1) is 0 Å². The van der Waals surface area contributed by atoms with Gasteiger partial charge in [-0.15, -0.1) is 0 Å². The van der Waals surface area contributed by atoms with Gasteiger partial charge >= 0.3 is 5.97 Å². The molecule has 0 amide bonds. The predicted octanol–water partition coefficient (Wildman–Crippen LogP) is 3.31. The average Bonchev–Trinajstić information content (AvgIpc) is 2.42. The molecule has 0 fully saturated rings. The fourth-order valence-corrected chi connectivity index (χ4v) is 3.66. The van der Waals surface area contributed by atoms with Crippen molar-refractivity contribution in [1.29, 1.82) is 0 Å². The first kappa shape index (κ1) is 16.2. The molecule has 1 heterocycles. The van der Waals surface area contributed by atoms with Crippen LogP contribution in [0.3, 0.4) is 0 Å². The van der Waals surface area contributed by atoms with Crippen molar-refractivity contribution in [3.8, 4) is 0 Å². The van der Waals surface area contributed by atoms with Crippen LogP contribution in [0.4, 0.5) is 0 Å². The van der Waals surface area contributed by atoms with Gasteiger partial charge in [-0.3, -0.25) is 9.56 Å². The smallest absolute Gasteiger partial charge is 0.331 e. The van der Waals surface area contributed by atoms with Crippen LogP contribution in [0.5, 0.6) is 0 Å². The summed E-state index contributed by atoms with van der Waals surface area (Å²) in [5, 5.41) is 0. The number of hydrogen-bond acceptors (Lipinski definition) is 5. The van der Waals surface area contributed by atoms with E-state index in [0.29, 0.717) is 19.0 Å². The van der Waals surface area contributed by atoms with E-state index in [1.54, 1.807) is 20.8 Å². The Balaban J connectivity index is 2.29. The van der Waals surface area contributed by atoms with E-state index >= 15 is 0 Å². The Labute approximate surface area is 125 Å². The van der Waals surface area contributed by atoms with Gasteiger partial charge in [0.25, 0.3) is 0 Å². The minimum absolute atomic E-state index is 0.191. The molecule has 0 N–H and O–H groups in total. The quantitative estimate of drug-likeness (QED) is 0.592. The molecular weight excluding hydrogens is 289 g/mol. The van der Waals surface area contributed by atoms with E-state index in [1.807, 2.05) is 18.2 Å². The first-order valence-corrected chi connectivity index (χ1v) is 9.19. The molecule has 1 aliphatic carbocycles. The van der Waals surface area contributed by atoms with E-state index in [-0.39, 0.29) is 18.2 Å². The lowest BCUT2D eigenvalue weighted by atomic mass is 9.95. The summed E-state index contributed by atoms with van der Waals surface area (Å²) < 4.78 is 23.7. The van der Waals surface area contributed by atoms with Gasteiger partial charge in [0.1, 0.15) is 0 Å². The highest BCUT2D eigenvalue weighted by Gasteiger charge is 2.33. The molecule has 1 aliphatic heterocycles. The number of fused-ring (bicyclic) bond motifs is 1. The Morgan fingerprint density at radius 1 is 1.57 bits per heavy atom. The third-order valence-corrected chi connectivity index (χ3v) is 5.41. The van der Waals surface area contributed by atoms with Crippen molar-refractivity contribution in [3.05, 3.63) is 23.8 Å². The maximum Gasteiger partial charge on any atom is 0.331 e. The molecule has 0 aromatic heterocycles. The van der Waals surface area contributed by atoms with Crippen LogP contribution in [0.15, 0.2) is 28.8 Å². The normalized spacial score (nSPS) is 33.6. The maximum atomic E-state index is 12.6. The third-order valence-electron chi connectivity index (χ3n) is 3.43. The van der Waals surface area contributed by atoms with E-state index < -0.39 is 13.4 Å². The molecule has 21 heavy (non-hydrogen) atoms. The lowest BCUT2D eigenvalue weighted by Crippen LogP contribution is -2.29. The van der Waals surface area contributed by atoms with E-state index in [2.05, 4.69) is 4.99 Å². The molecular formula is C15H22NO4P. The Bertz CT molecular complexity index is 536. The molecule has 6 heteroatoms. The van der Waals surface area contributed by atoms with Gasteiger partial charge in [0.2, 0.25) is 7.37 Å². The number of rotatable bonds is 3. The van der Waals surface area contributed by atoms with Crippen LogP contribution >= 0.6 is 7.37 Å². The molecule has 2 aliphatic rings. The van der Waals surface area contributed by atoms with Crippen molar-refractivity contribution in [1.82, 2.24) is 0 Å². The monoisotopic (exact) mass is 311 g/mol.